The lowest BCUT2D eigenvalue weighted by atomic mass is 10.1. The Kier molecular flexibility index (Phi) is 4.87. The van der Waals surface area contributed by atoms with E-state index in [1.807, 2.05) is 38.1 Å². The summed E-state index contributed by atoms with van der Waals surface area (Å²) in [4.78, 5) is 4.44. The maximum absolute atomic E-state index is 12.9. The van der Waals surface area contributed by atoms with Crippen molar-refractivity contribution in [1.82, 2.24) is 9.29 Å². The van der Waals surface area contributed by atoms with E-state index in [1.165, 1.54) is 0 Å². The second-order valence-corrected chi connectivity index (χ2v) is 8.09. The Balaban J connectivity index is 1.68. The minimum absolute atomic E-state index is 0.0271. The van der Waals surface area contributed by atoms with E-state index >= 15 is 0 Å². The Morgan fingerprint density at radius 1 is 1.17 bits per heavy atom. The summed E-state index contributed by atoms with van der Waals surface area (Å²) in [7, 11) is -3.45. The van der Waals surface area contributed by atoms with Gasteiger partial charge in [0.2, 0.25) is 10.0 Å². The monoisotopic (exact) mass is 346 g/mol. The van der Waals surface area contributed by atoms with Gasteiger partial charge < -0.3 is 4.74 Å². The molecule has 24 heavy (non-hydrogen) atoms. The Hall–Kier alpha value is -1.92. The van der Waals surface area contributed by atoms with Crippen molar-refractivity contribution in [2.75, 3.05) is 13.1 Å². The Labute approximate surface area is 143 Å². The molecule has 0 aliphatic carbocycles. The molecule has 0 amide bonds. The summed E-state index contributed by atoms with van der Waals surface area (Å²) in [6, 6.07) is 9.24. The van der Waals surface area contributed by atoms with E-state index in [9.17, 15) is 8.42 Å². The number of sulfonamides is 1. The highest BCUT2D eigenvalue weighted by Gasteiger charge is 2.31. The van der Waals surface area contributed by atoms with Gasteiger partial charge in [-0.2, -0.15) is 4.31 Å². The van der Waals surface area contributed by atoms with Crippen LogP contribution in [0.4, 0.5) is 0 Å². The summed E-state index contributed by atoms with van der Waals surface area (Å²) in [5.41, 5.74) is 1.74. The highest BCUT2D eigenvalue weighted by Crippen LogP contribution is 2.25. The molecule has 2 aromatic rings. The standard InChI is InChI=1S/C18H22N2O3S/c1-14-5-6-15(2)18(12-14)24(21,22)20-10-7-16(8-11-20)23-17-4-3-9-19-13-17/h3-6,9,12-13,16H,7-8,10-11H2,1-2H3. The van der Waals surface area contributed by atoms with Gasteiger partial charge >= 0.3 is 0 Å². The van der Waals surface area contributed by atoms with Crippen molar-refractivity contribution in [2.45, 2.75) is 37.7 Å². The molecule has 0 saturated carbocycles. The minimum atomic E-state index is -3.45. The van der Waals surface area contributed by atoms with E-state index in [-0.39, 0.29) is 6.10 Å². The fourth-order valence-corrected chi connectivity index (χ4v) is 4.70. The van der Waals surface area contributed by atoms with Crippen molar-refractivity contribution in [3.05, 3.63) is 53.9 Å². The van der Waals surface area contributed by atoms with Crippen LogP contribution in [-0.4, -0.2) is 36.9 Å². The number of aryl methyl sites for hydroxylation is 2. The molecule has 0 radical (unpaired) electrons. The number of ether oxygens (including phenoxy) is 1. The van der Waals surface area contributed by atoms with Crippen molar-refractivity contribution < 1.29 is 13.2 Å². The quantitative estimate of drug-likeness (QED) is 0.854. The van der Waals surface area contributed by atoms with Gasteiger partial charge in [-0.1, -0.05) is 12.1 Å². The van der Waals surface area contributed by atoms with E-state index in [2.05, 4.69) is 4.98 Å². The van der Waals surface area contributed by atoms with Gasteiger partial charge in [0.25, 0.3) is 0 Å². The van der Waals surface area contributed by atoms with E-state index < -0.39 is 10.0 Å². The molecular weight excluding hydrogens is 324 g/mol. The maximum Gasteiger partial charge on any atom is 0.243 e. The van der Waals surface area contributed by atoms with Crippen LogP contribution in [0, 0.1) is 13.8 Å². The van der Waals surface area contributed by atoms with Gasteiger partial charge in [-0.15, -0.1) is 0 Å². The Morgan fingerprint density at radius 3 is 2.58 bits per heavy atom. The Bertz CT molecular complexity index is 798. The number of aromatic nitrogens is 1. The summed E-state index contributed by atoms with van der Waals surface area (Å²) >= 11 is 0. The molecular formula is C18H22N2O3S. The van der Waals surface area contributed by atoms with Crippen LogP contribution in [0.25, 0.3) is 0 Å². The van der Waals surface area contributed by atoms with Crippen molar-refractivity contribution in [3.8, 4) is 5.75 Å². The van der Waals surface area contributed by atoms with Gasteiger partial charge in [0, 0.05) is 19.3 Å². The molecule has 3 rings (SSSR count). The van der Waals surface area contributed by atoms with Crippen molar-refractivity contribution in [2.24, 2.45) is 0 Å². The first-order valence-electron chi connectivity index (χ1n) is 8.11. The molecule has 1 aromatic carbocycles. The molecule has 0 N–H and O–H groups in total. The van der Waals surface area contributed by atoms with Gasteiger partial charge in [0.05, 0.1) is 11.1 Å². The van der Waals surface area contributed by atoms with E-state index in [0.29, 0.717) is 30.8 Å². The Morgan fingerprint density at radius 2 is 1.92 bits per heavy atom. The highest BCUT2D eigenvalue weighted by molar-refractivity contribution is 7.89. The van der Waals surface area contributed by atoms with Crippen LogP contribution < -0.4 is 4.74 Å². The number of benzene rings is 1. The molecule has 1 aromatic heterocycles. The first-order chi connectivity index (χ1) is 11.5. The largest absolute Gasteiger partial charge is 0.489 e. The number of pyridine rings is 1. The van der Waals surface area contributed by atoms with E-state index in [0.717, 1.165) is 16.9 Å². The predicted molar refractivity (Wildman–Crippen MR) is 92.6 cm³/mol. The minimum Gasteiger partial charge on any atom is -0.489 e. The average molecular weight is 346 g/mol. The molecule has 1 fully saturated rings. The third-order valence-electron chi connectivity index (χ3n) is 4.30. The van der Waals surface area contributed by atoms with E-state index in [1.54, 1.807) is 22.8 Å². The molecule has 1 saturated heterocycles. The number of nitrogens with zero attached hydrogens (tertiary/aromatic N) is 2. The van der Waals surface area contributed by atoms with Gasteiger partial charge in [0.15, 0.2) is 0 Å². The number of hydrogen-bond donors (Lipinski definition) is 0. The zero-order valence-corrected chi connectivity index (χ0v) is 14.8. The summed E-state index contributed by atoms with van der Waals surface area (Å²) in [6.45, 7) is 4.69. The molecule has 0 unspecified atom stereocenters. The van der Waals surface area contributed by atoms with Crippen LogP contribution in [0.15, 0.2) is 47.6 Å². The van der Waals surface area contributed by atoms with Crippen LogP contribution in [0.2, 0.25) is 0 Å². The second kappa shape index (κ2) is 6.91. The van der Waals surface area contributed by atoms with Crippen LogP contribution >= 0.6 is 0 Å². The molecule has 1 aliphatic heterocycles. The smallest absolute Gasteiger partial charge is 0.243 e. The zero-order chi connectivity index (χ0) is 17.2. The molecule has 0 bridgehead atoms. The van der Waals surface area contributed by atoms with Gasteiger partial charge in [0.1, 0.15) is 11.9 Å². The molecule has 0 spiro atoms. The van der Waals surface area contributed by atoms with Gasteiger partial charge in [-0.05, 0) is 56.0 Å². The summed E-state index contributed by atoms with van der Waals surface area (Å²) in [6.07, 6.45) is 4.77. The van der Waals surface area contributed by atoms with Crippen LogP contribution in [0.5, 0.6) is 5.75 Å². The summed E-state index contributed by atoms with van der Waals surface area (Å²) < 4.78 is 33.2. The summed E-state index contributed by atoms with van der Waals surface area (Å²) in [5.74, 6) is 0.730. The fraction of sp³-hybridized carbons (Fsp3) is 0.389. The lowest BCUT2D eigenvalue weighted by Crippen LogP contribution is -2.41. The molecule has 128 valence electrons. The van der Waals surface area contributed by atoms with Crippen LogP contribution in [-0.2, 0) is 10.0 Å². The first-order valence-corrected chi connectivity index (χ1v) is 9.55. The highest BCUT2D eigenvalue weighted by atomic mass is 32.2. The third kappa shape index (κ3) is 3.60. The number of piperidine rings is 1. The topological polar surface area (TPSA) is 59.5 Å². The number of hydrogen-bond acceptors (Lipinski definition) is 4. The van der Waals surface area contributed by atoms with Gasteiger partial charge in [-0.25, -0.2) is 8.42 Å². The fourth-order valence-electron chi connectivity index (χ4n) is 2.92. The molecule has 1 aliphatic rings. The van der Waals surface area contributed by atoms with E-state index in [4.69, 9.17) is 4.74 Å². The molecule has 5 nitrogen and oxygen atoms in total. The van der Waals surface area contributed by atoms with Gasteiger partial charge in [-0.3, -0.25) is 4.98 Å². The van der Waals surface area contributed by atoms with Crippen molar-refractivity contribution in [1.29, 1.82) is 0 Å². The molecule has 2 heterocycles. The van der Waals surface area contributed by atoms with Crippen molar-refractivity contribution in [3.63, 3.8) is 0 Å². The van der Waals surface area contributed by atoms with Crippen LogP contribution in [0.3, 0.4) is 0 Å². The maximum atomic E-state index is 12.9. The SMILES string of the molecule is Cc1ccc(C)c(S(=O)(=O)N2CCC(Oc3cccnc3)CC2)c1. The lowest BCUT2D eigenvalue weighted by molar-refractivity contribution is 0.134. The lowest BCUT2D eigenvalue weighted by Gasteiger charge is -2.31. The predicted octanol–water partition coefficient (Wildman–Crippen LogP) is 2.93. The van der Waals surface area contributed by atoms with Crippen LogP contribution in [0.1, 0.15) is 24.0 Å². The second-order valence-electron chi connectivity index (χ2n) is 6.18. The van der Waals surface area contributed by atoms with Crippen molar-refractivity contribution >= 4 is 10.0 Å². The summed E-state index contributed by atoms with van der Waals surface area (Å²) in [5, 5.41) is 0. The number of rotatable bonds is 4. The normalized spacial score (nSPS) is 16.9. The molecule has 0 atom stereocenters. The third-order valence-corrected chi connectivity index (χ3v) is 6.34. The zero-order valence-electron chi connectivity index (χ0n) is 14.0. The average Bonchev–Trinajstić information content (AvgIpc) is 2.58. The molecule has 6 heteroatoms. The first kappa shape index (κ1) is 16.9.